The molecule has 0 spiro atoms. The Balaban J connectivity index is 0.00000441. The quantitative estimate of drug-likeness (QED) is 0.295. The highest BCUT2D eigenvalue weighted by Gasteiger charge is 2.04. The zero-order valence-electron chi connectivity index (χ0n) is 13.5. The van der Waals surface area contributed by atoms with Crippen LogP contribution in [-0.2, 0) is 0 Å². The molecule has 6 heteroatoms. The first-order valence-electron chi connectivity index (χ1n) is 7.13. The van der Waals surface area contributed by atoms with Crippen molar-refractivity contribution in [1.82, 2.24) is 10.6 Å². The van der Waals surface area contributed by atoms with Crippen molar-refractivity contribution in [3.63, 3.8) is 0 Å². The number of nitrogens with one attached hydrogen (secondary N) is 2. The summed E-state index contributed by atoms with van der Waals surface area (Å²) in [5.41, 5.74) is 0. The highest BCUT2D eigenvalue weighted by molar-refractivity contribution is 14.0. The number of ether oxygens (including phenoxy) is 2. The summed E-state index contributed by atoms with van der Waals surface area (Å²) in [5.74, 6) is 2.39. The lowest BCUT2D eigenvalue weighted by Gasteiger charge is -2.15. The van der Waals surface area contributed by atoms with E-state index >= 15 is 0 Å². The van der Waals surface area contributed by atoms with Crippen LogP contribution in [0.5, 0.6) is 11.5 Å². The minimum atomic E-state index is -0.0161. The number of methoxy groups -OCH3 is 1. The SMILES string of the molecule is C=CCNC(=NCC(C)Oc1ccc(OC)cc1)NCC.I. The van der Waals surface area contributed by atoms with Gasteiger partial charge in [0.1, 0.15) is 17.6 Å². The van der Waals surface area contributed by atoms with Crippen LogP contribution in [-0.4, -0.2) is 38.8 Å². The van der Waals surface area contributed by atoms with E-state index in [1.165, 1.54) is 0 Å². The Morgan fingerprint density at radius 2 is 1.91 bits per heavy atom. The Labute approximate surface area is 150 Å². The number of rotatable bonds is 8. The fourth-order valence-corrected chi connectivity index (χ4v) is 1.65. The summed E-state index contributed by atoms with van der Waals surface area (Å²) < 4.78 is 10.9. The number of guanidine groups is 1. The Kier molecular flexibility index (Phi) is 11.3. The van der Waals surface area contributed by atoms with Crippen LogP contribution in [0.3, 0.4) is 0 Å². The van der Waals surface area contributed by atoms with E-state index in [4.69, 9.17) is 9.47 Å². The predicted octanol–water partition coefficient (Wildman–Crippen LogP) is 2.82. The molecule has 22 heavy (non-hydrogen) atoms. The minimum Gasteiger partial charge on any atom is -0.497 e. The summed E-state index contributed by atoms with van der Waals surface area (Å²) in [6.07, 6.45) is 1.78. The molecule has 124 valence electrons. The Hall–Kier alpha value is -1.44. The Bertz CT molecular complexity index is 449. The van der Waals surface area contributed by atoms with Gasteiger partial charge in [-0.2, -0.15) is 0 Å². The lowest BCUT2D eigenvalue weighted by molar-refractivity contribution is 0.230. The van der Waals surface area contributed by atoms with Crippen LogP contribution in [0.15, 0.2) is 41.9 Å². The molecule has 1 atom stereocenters. The number of hydrogen-bond acceptors (Lipinski definition) is 3. The molecule has 0 amide bonds. The highest BCUT2D eigenvalue weighted by Crippen LogP contribution is 2.18. The van der Waals surface area contributed by atoms with Gasteiger partial charge in [0.2, 0.25) is 0 Å². The van der Waals surface area contributed by atoms with Crippen molar-refractivity contribution >= 4 is 29.9 Å². The molecule has 0 bridgehead atoms. The third-order valence-electron chi connectivity index (χ3n) is 2.66. The maximum absolute atomic E-state index is 5.81. The van der Waals surface area contributed by atoms with Crippen LogP contribution in [0.1, 0.15) is 13.8 Å². The van der Waals surface area contributed by atoms with Gasteiger partial charge in [-0.05, 0) is 38.1 Å². The van der Waals surface area contributed by atoms with Crippen molar-refractivity contribution in [3.8, 4) is 11.5 Å². The molecule has 0 aromatic heterocycles. The summed E-state index contributed by atoms with van der Waals surface area (Å²) >= 11 is 0. The monoisotopic (exact) mass is 419 g/mol. The van der Waals surface area contributed by atoms with E-state index in [0.717, 1.165) is 24.0 Å². The van der Waals surface area contributed by atoms with Gasteiger partial charge < -0.3 is 20.1 Å². The van der Waals surface area contributed by atoms with E-state index in [0.29, 0.717) is 13.1 Å². The van der Waals surface area contributed by atoms with Gasteiger partial charge in [-0.25, -0.2) is 4.99 Å². The largest absolute Gasteiger partial charge is 0.497 e. The second-order valence-corrected chi connectivity index (χ2v) is 4.49. The molecule has 0 aliphatic rings. The van der Waals surface area contributed by atoms with Crippen molar-refractivity contribution in [1.29, 1.82) is 0 Å². The van der Waals surface area contributed by atoms with Gasteiger partial charge in [0.25, 0.3) is 0 Å². The maximum atomic E-state index is 5.81. The fourth-order valence-electron chi connectivity index (χ4n) is 1.65. The van der Waals surface area contributed by atoms with Crippen molar-refractivity contribution < 1.29 is 9.47 Å². The van der Waals surface area contributed by atoms with Gasteiger partial charge in [-0.1, -0.05) is 6.08 Å². The highest BCUT2D eigenvalue weighted by atomic mass is 127. The van der Waals surface area contributed by atoms with E-state index in [9.17, 15) is 0 Å². The van der Waals surface area contributed by atoms with Crippen molar-refractivity contribution in [2.45, 2.75) is 20.0 Å². The smallest absolute Gasteiger partial charge is 0.191 e. The van der Waals surface area contributed by atoms with Gasteiger partial charge in [0, 0.05) is 13.1 Å². The van der Waals surface area contributed by atoms with E-state index in [1.54, 1.807) is 13.2 Å². The molecule has 5 nitrogen and oxygen atoms in total. The molecule has 0 heterocycles. The average Bonchev–Trinajstić information content (AvgIpc) is 2.51. The van der Waals surface area contributed by atoms with Crippen molar-refractivity contribution in [2.75, 3.05) is 26.7 Å². The molecule has 0 radical (unpaired) electrons. The number of aliphatic imine (C=N–C) groups is 1. The Morgan fingerprint density at radius 1 is 1.27 bits per heavy atom. The summed E-state index contributed by atoms with van der Waals surface area (Å²) in [4.78, 5) is 4.48. The number of halogens is 1. The van der Waals surface area contributed by atoms with Crippen LogP contribution < -0.4 is 20.1 Å². The topological polar surface area (TPSA) is 54.9 Å². The summed E-state index contributed by atoms with van der Waals surface area (Å²) in [6, 6.07) is 7.53. The van der Waals surface area contributed by atoms with Crippen LogP contribution in [0.4, 0.5) is 0 Å². The maximum Gasteiger partial charge on any atom is 0.191 e. The summed E-state index contributed by atoms with van der Waals surface area (Å²) in [5, 5.41) is 6.32. The normalized spacial score (nSPS) is 11.9. The fraction of sp³-hybridized carbons (Fsp3) is 0.438. The molecule has 1 aromatic carbocycles. The first-order valence-corrected chi connectivity index (χ1v) is 7.13. The van der Waals surface area contributed by atoms with Gasteiger partial charge >= 0.3 is 0 Å². The number of benzene rings is 1. The molecular formula is C16H26IN3O2. The van der Waals surface area contributed by atoms with Gasteiger partial charge in [0.15, 0.2) is 5.96 Å². The van der Waals surface area contributed by atoms with Crippen LogP contribution in [0.2, 0.25) is 0 Å². The number of nitrogens with zero attached hydrogens (tertiary/aromatic N) is 1. The molecule has 0 aliphatic heterocycles. The van der Waals surface area contributed by atoms with Crippen LogP contribution >= 0.6 is 24.0 Å². The lowest BCUT2D eigenvalue weighted by Crippen LogP contribution is -2.38. The second-order valence-electron chi connectivity index (χ2n) is 4.49. The third-order valence-corrected chi connectivity index (χ3v) is 2.66. The molecule has 1 unspecified atom stereocenters. The average molecular weight is 419 g/mol. The molecule has 0 fully saturated rings. The third kappa shape index (κ3) is 8.11. The first-order chi connectivity index (χ1) is 10.2. The van der Waals surface area contributed by atoms with Gasteiger partial charge in [-0.15, -0.1) is 30.6 Å². The van der Waals surface area contributed by atoms with E-state index in [-0.39, 0.29) is 30.1 Å². The van der Waals surface area contributed by atoms with E-state index < -0.39 is 0 Å². The predicted molar refractivity (Wildman–Crippen MR) is 103 cm³/mol. The van der Waals surface area contributed by atoms with Gasteiger partial charge in [0.05, 0.1) is 13.7 Å². The molecular weight excluding hydrogens is 393 g/mol. The molecule has 0 saturated heterocycles. The molecule has 1 rings (SSSR count). The van der Waals surface area contributed by atoms with E-state index in [2.05, 4.69) is 22.2 Å². The van der Waals surface area contributed by atoms with E-state index in [1.807, 2.05) is 38.1 Å². The minimum absolute atomic E-state index is 0. The summed E-state index contributed by atoms with van der Waals surface area (Å²) in [7, 11) is 1.64. The second kappa shape index (κ2) is 12.1. The van der Waals surface area contributed by atoms with Crippen LogP contribution in [0.25, 0.3) is 0 Å². The zero-order valence-corrected chi connectivity index (χ0v) is 15.8. The molecule has 0 saturated carbocycles. The molecule has 0 aliphatic carbocycles. The molecule has 2 N–H and O–H groups in total. The molecule has 1 aromatic rings. The Morgan fingerprint density at radius 3 is 2.45 bits per heavy atom. The standard InChI is InChI=1S/C16H25N3O2.HI/c1-5-11-18-16(17-6-2)19-12-13(3)21-15-9-7-14(20-4)8-10-15;/h5,7-10,13H,1,6,11-12H2,2-4H3,(H2,17,18,19);1H. The number of hydrogen-bond donors (Lipinski definition) is 2. The first kappa shape index (κ1) is 20.6. The van der Waals surface area contributed by atoms with Crippen molar-refractivity contribution in [2.24, 2.45) is 4.99 Å². The van der Waals surface area contributed by atoms with Crippen LogP contribution in [0, 0.1) is 0 Å². The summed E-state index contributed by atoms with van der Waals surface area (Å²) in [6.45, 7) is 9.76. The zero-order chi connectivity index (χ0) is 15.5. The van der Waals surface area contributed by atoms with Crippen molar-refractivity contribution in [3.05, 3.63) is 36.9 Å². The lowest BCUT2D eigenvalue weighted by atomic mass is 10.3. The van der Waals surface area contributed by atoms with Gasteiger partial charge in [-0.3, -0.25) is 0 Å².